The van der Waals surface area contributed by atoms with Gasteiger partial charge in [-0.2, -0.15) is 0 Å². The van der Waals surface area contributed by atoms with E-state index in [0.717, 1.165) is 38.5 Å². The maximum atomic E-state index is 11.3. The largest absolute Gasteiger partial charge is 0.453 e. The van der Waals surface area contributed by atoms with E-state index in [1.165, 1.54) is 23.8 Å². The van der Waals surface area contributed by atoms with E-state index in [4.69, 9.17) is 0 Å². The molecular formula is C18H25NO3. The number of ether oxygens (including phenoxy) is 1. The first-order valence-electron chi connectivity index (χ1n) is 8.26. The van der Waals surface area contributed by atoms with E-state index in [1.807, 2.05) is 0 Å². The van der Waals surface area contributed by atoms with E-state index >= 15 is 0 Å². The summed E-state index contributed by atoms with van der Waals surface area (Å²) in [6.07, 6.45) is 5.97. The Morgan fingerprint density at radius 2 is 2.18 bits per heavy atom. The number of aliphatic hydroxyl groups excluding tert-OH is 1. The topological polar surface area (TPSA) is 58.6 Å². The quantitative estimate of drug-likeness (QED) is 0.902. The summed E-state index contributed by atoms with van der Waals surface area (Å²) in [5.74, 6) is 0.960. The van der Waals surface area contributed by atoms with Gasteiger partial charge in [0.25, 0.3) is 0 Å². The van der Waals surface area contributed by atoms with Gasteiger partial charge < -0.3 is 15.2 Å². The summed E-state index contributed by atoms with van der Waals surface area (Å²) >= 11 is 0. The van der Waals surface area contributed by atoms with Crippen LogP contribution in [0.5, 0.6) is 0 Å². The highest BCUT2D eigenvalue weighted by molar-refractivity contribution is 5.67. The number of aryl methyl sites for hydroxylation is 1. The number of carbonyl (C=O) groups is 1. The lowest BCUT2D eigenvalue weighted by Crippen LogP contribution is -2.32. The number of rotatable bonds is 3. The van der Waals surface area contributed by atoms with Crippen molar-refractivity contribution < 1.29 is 14.6 Å². The fourth-order valence-corrected chi connectivity index (χ4v) is 3.90. The molecule has 2 aliphatic rings. The van der Waals surface area contributed by atoms with Crippen LogP contribution in [-0.4, -0.2) is 31.0 Å². The number of benzene rings is 1. The van der Waals surface area contributed by atoms with E-state index in [9.17, 15) is 9.90 Å². The first-order chi connectivity index (χ1) is 10.7. The van der Waals surface area contributed by atoms with Crippen molar-refractivity contribution in [3.8, 4) is 0 Å². The predicted molar refractivity (Wildman–Crippen MR) is 85.0 cm³/mol. The minimum absolute atomic E-state index is 0.229. The van der Waals surface area contributed by atoms with Crippen molar-refractivity contribution >= 4 is 6.09 Å². The Kier molecular flexibility index (Phi) is 4.67. The molecule has 1 amide bonds. The number of aliphatic hydroxyl groups is 1. The molecule has 4 nitrogen and oxygen atoms in total. The Morgan fingerprint density at radius 3 is 2.95 bits per heavy atom. The fourth-order valence-electron chi connectivity index (χ4n) is 3.90. The Bertz CT molecular complexity index is 543. The van der Waals surface area contributed by atoms with Gasteiger partial charge in [-0.3, -0.25) is 0 Å². The first kappa shape index (κ1) is 15.3. The van der Waals surface area contributed by atoms with Crippen LogP contribution in [0.15, 0.2) is 18.2 Å². The third-order valence-corrected chi connectivity index (χ3v) is 5.23. The van der Waals surface area contributed by atoms with Crippen LogP contribution < -0.4 is 5.32 Å². The summed E-state index contributed by atoms with van der Waals surface area (Å²) in [6, 6.07) is 7.07. The Balaban J connectivity index is 1.65. The molecule has 0 saturated heterocycles. The van der Waals surface area contributed by atoms with Crippen molar-refractivity contribution in [1.82, 2.24) is 5.32 Å². The monoisotopic (exact) mass is 303 g/mol. The fraction of sp³-hybridized carbons (Fsp3) is 0.611. The number of fused-ring (bicyclic) bond motifs is 1. The summed E-state index contributed by atoms with van der Waals surface area (Å²) < 4.78 is 4.68. The normalized spacial score (nSPS) is 27.3. The molecule has 3 atom stereocenters. The van der Waals surface area contributed by atoms with Crippen molar-refractivity contribution in [2.45, 2.75) is 50.5 Å². The molecule has 0 bridgehead atoms. The van der Waals surface area contributed by atoms with E-state index in [2.05, 4.69) is 28.3 Å². The zero-order chi connectivity index (χ0) is 15.5. The summed E-state index contributed by atoms with van der Waals surface area (Å²) in [5, 5.41) is 12.2. The van der Waals surface area contributed by atoms with Crippen LogP contribution in [0.4, 0.5) is 4.79 Å². The van der Waals surface area contributed by atoms with E-state index in [1.54, 1.807) is 0 Å². The number of amides is 1. The molecule has 1 aromatic carbocycles. The highest BCUT2D eigenvalue weighted by Gasteiger charge is 2.28. The standard InChI is InChI=1S/C18H25NO3/c1-22-18(21)19-17-7-6-16(10-17)15-5-4-13-8-12(11-20)2-3-14(13)9-15/h4-5,9,12,16-17,20H,2-3,6-8,10-11H2,1H3,(H,19,21). The average molecular weight is 303 g/mol. The number of hydrogen-bond donors (Lipinski definition) is 2. The van der Waals surface area contributed by atoms with Crippen LogP contribution in [0.3, 0.4) is 0 Å². The second-order valence-corrected chi connectivity index (χ2v) is 6.66. The highest BCUT2D eigenvalue weighted by Crippen LogP contribution is 2.36. The van der Waals surface area contributed by atoms with Gasteiger partial charge in [0.2, 0.25) is 0 Å². The number of alkyl carbamates (subject to hydrolysis) is 1. The molecule has 0 aromatic heterocycles. The second-order valence-electron chi connectivity index (χ2n) is 6.66. The molecule has 120 valence electrons. The van der Waals surface area contributed by atoms with Crippen molar-refractivity contribution in [3.63, 3.8) is 0 Å². The van der Waals surface area contributed by atoms with Crippen LogP contribution in [0.1, 0.15) is 48.3 Å². The summed E-state index contributed by atoms with van der Waals surface area (Å²) in [4.78, 5) is 11.3. The maximum Gasteiger partial charge on any atom is 0.407 e. The Hall–Kier alpha value is -1.55. The zero-order valence-electron chi connectivity index (χ0n) is 13.2. The maximum absolute atomic E-state index is 11.3. The van der Waals surface area contributed by atoms with Gasteiger partial charge in [0.1, 0.15) is 0 Å². The average Bonchev–Trinajstić information content (AvgIpc) is 3.02. The van der Waals surface area contributed by atoms with Crippen LogP contribution in [0.25, 0.3) is 0 Å². The van der Waals surface area contributed by atoms with Crippen LogP contribution in [0.2, 0.25) is 0 Å². The lowest BCUT2D eigenvalue weighted by atomic mass is 9.82. The molecule has 0 radical (unpaired) electrons. The Labute approximate surface area is 131 Å². The van der Waals surface area contributed by atoms with Crippen molar-refractivity contribution in [2.24, 2.45) is 5.92 Å². The lowest BCUT2D eigenvalue weighted by molar-refractivity contribution is 0.166. The van der Waals surface area contributed by atoms with Gasteiger partial charge in [-0.05, 0) is 67.1 Å². The molecule has 4 heteroatoms. The molecule has 0 heterocycles. The molecule has 2 aliphatic carbocycles. The lowest BCUT2D eigenvalue weighted by Gasteiger charge is -2.24. The van der Waals surface area contributed by atoms with Gasteiger partial charge in [0.05, 0.1) is 7.11 Å². The van der Waals surface area contributed by atoms with Crippen molar-refractivity contribution in [1.29, 1.82) is 0 Å². The predicted octanol–water partition coefficient (Wildman–Crippen LogP) is 2.78. The van der Waals surface area contributed by atoms with E-state index in [0.29, 0.717) is 18.4 Å². The van der Waals surface area contributed by atoms with Crippen molar-refractivity contribution in [2.75, 3.05) is 13.7 Å². The van der Waals surface area contributed by atoms with Gasteiger partial charge in [0, 0.05) is 12.6 Å². The van der Waals surface area contributed by atoms with Gasteiger partial charge >= 0.3 is 6.09 Å². The Morgan fingerprint density at radius 1 is 1.32 bits per heavy atom. The highest BCUT2D eigenvalue weighted by atomic mass is 16.5. The van der Waals surface area contributed by atoms with Gasteiger partial charge in [-0.25, -0.2) is 4.79 Å². The number of hydrogen-bond acceptors (Lipinski definition) is 3. The molecule has 2 N–H and O–H groups in total. The molecular weight excluding hydrogens is 278 g/mol. The molecule has 1 fully saturated rings. The van der Waals surface area contributed by atoms with Crippen molar-refractivity contribution in [3.05, 3.63) is 34.9 Å². The molecule has 0 aliphatic heterocycles. The first-order valence-corrected chi connectivity index (χ1v) is 8.26. The van der Waals surface area contributed by atoms with Gasteiger partial charge in [-0.15, -0.1) is 0 Å². The molecule has 0 spiro atoms. The smallest absolute Gasteiger partial charge is 0.407 e. The summed E-state index contributed by atoms with van der Waals surface area (Å²) in [5.41, 5.74) is 4.25. The minimum atomic E-state index is -0.328. The minimum Gasteiger partial charge on any atom is -0.453 e. The third kappa shape index (κ3) is 3.27. The summed E-state index contributed by atoms with van der Waals surface area (Å²) in [7, 11) is 1.41. The van der Waals surface area contributed by atoms with Crippen LogP contribution >= 0.6 is 0 Å². The number of carbonyl (C=O) groups excluding carboxylic acids is 1. The number of methoxy groups -OCH3 is 1. The molecule has 1 aromatic rings. The van der Waals surface area contributed by atoms with Gasteiger partial charge in [0.15, 0.2) is 0 Å². The molecule has 1 saturated carbocycles. The second kappa shape index (κ2) is 6.69. The molecule has 3 rings (SSSR count). The SMILES string of the molecule is COC(=O)NC1CCC(c2ccc3c(c2)CCC(CO)C3)C1. The van der Waals surface area contributed by atoms with E-state index < -0.39 is 0 Å². The third-order valence-electron chi connectivity index (χ3n) is 5.23. The summed E-state index contributed by atoms with van der Waals surface area (Å²) in [6.45, 7) is 0.296. The van der Waals surface area contributed by atoms with Crippen LogP contribution in [0, 0.1) is 5.92 Å². The van der Waals surface area contributed by atoms with E-state index in [-0.39, 0.29) is 12.1 Å². The molecule has 3 unspecified atom stereocenters. The molecule has 22 heavy (non-hydrogen) atoms. The number of nitrogens with one attached hydrogen (secondary N) is 1. The zero-order valence-corrected chi connectivity index (χ0v) is 13.2. The van der Waals surface area contributed by atoms with Gasteiger partial charge in [-0.1, -0.05) is 18.2 Å². The van der Waals surface area contributed by atoms with Crippen LogP contribution in [-0.2, 0) is 17.6 Å².